The quantitative estimate of drug-likeness (QED) is 0.610. The molecule has 0 heterocycles. The first-order valence-corrected chi connectivity index (χ1v) is 5.87. The summed E-state index contributed by atoms with van der Waals surface area (Å²) in [5.74, 6) is -0.273. The van der Waals surface area contributed by atoms with Crippen molar-refractivity contribution >= 4 is 21.7 Å². The summed E-state index contributed by atoms with van der Waals surface area (Å²) < 4.78 is 28.5. The molecule has 0 amide bonds. The minimum absolute atomic E-state index is 0.0634. The van der Waals surface area contributed by atoms with Crippen molar-refractivity contribution < 1.29 is 18.3 Å². The fourth-order valence-electron chi connectivity index (χ4n) is 1.27. The predicted octanol–water partition coefficient (Wildman–Crippen LogP) is 3.78. The molecule has 1 aromatic rings. The summed E-state index contributed by atoms with van der Waals surface area (Å²) in [4.78, 5) is 11.5. The molecule has 0 N–H and O–H groups in total. The lowest BCUT2D eigenvalue weighted by molar-refractivity contribution is -0.0501. The highest BCUT2D eigenvalue weighted by atomic mass is 79.9. The number of ether oxygens (including phenoxy) is 1. The molecule has 0 bridgehead atoms. The molecule has 0 spiro atoms. The van der Waals surface area contributed by atoms with E-state index in [1.54, 1.807) is 19.1 Å². The number of halogens is 3. The number of alkyl halides is 3. The van der Waals surface area contributed by atoms with E-state index >= 15 is 0 Å². The Morgan fingerprint density at radius 3 is 2.69 bits per heavy atom. The molecule has 2 nitrogen and oxygen atoms in total. The number of Topliss-reactive ketones (excluding diaryl/α,β-unsaturated/α-hetero) is 1. The molecule has 0 aliphatic rings. The molecular formula is C11H11BrF2O2. The van der Waals surface area contributed by atoms with Crippen molar-refractivity contribution in [2.24, 2.45) is 0 Å². The van der Waals surface area contributed by atoms with Crippen LogP contribution >= 0.6 is 15.9 Å². The zero-order chi connectivity index (χ0) is 12.1. The first kappa shape index (κ1) is 13.1. The zero-order valence-electron chi connectivity index (χ0n) is 8.67. The van der Waals surface area contributed by atoms with Crippen LogP contribution in [0.4, 0.5) is 8.78 Å². The smallest absolute Gasteiger partial charge is 0.387 e. The van der Waals surface area contributed by atoms with E-state index in [0.29, 0.717) is 5.33 Å². The Balaban J connectivity index is 3.11. The number of rotatable bonds is 5. The van der Waals surface area contributed by atoms with Crippen molar-refractivity contribution in [3.63, 3.8) is 0 Å². The van der Waals surface area contributed by atoms with E-state index in [4.69, 9.17) is 0 Å². The van der Waals surface area contributed by atoms with Gasteiger partial charge in [-0.15, -0.1) is 0 Å². The molecule has 0 saturated carbocycles. The van der Waals surface area contributed by atoms with E-state index in [9.17, 15) is 13.6 Å². The first-order valence-electron chi connectivity index (χ1n) is 4.75. The van der Waals surface area contributed by atoms with Gasteiger partial charge in [0.05, 0.1) is 5.56 Å². The van der Waals surface area contributed by atoms with Crippen LogP contribution in [0.25, 0.3) is 0 Å². The predicted molar refractivity (Wildman–Crippen MR) is 60.3 cm³/mol. The van der Waals surface area contributed by atoms with Crippen molar-refractivity contribution in [2.75, 3.05) is 0 Å². The third-order valence-corrected chi connectivity index (χ3v) is 2.68. The molecule has 0 unspecified atom stereocenters. The summed E-state index contributed by atoms with van der Waals surface area (Å²) in [6, 6.07) is 4.60. The molecule has 1 rings (SSSR count). The maximum Gasteiger partial charge on any atom is 0.387 e. The Morgan fingerprint density at radius 2 is 2.19 bits per heavy atom. The Labute approximate surface area is 101 Å². The average Bonchev–Trinajstić information content (AvgIpc) is 2.28. The maximum atomic E-state index is 12.1. The van der Waals surface area contributed by atoms with E-state index < -0.39 is 6.61 Å². The second-order valence-corrected chi connectivity index (χ2v) is 3.68. The molecule has 88 valence electrons. The summed E-state index contributed by atoms with van der Waals surface area (Å²) in [5.41, 5.74) is 1.05. The Bertz CT molecular complexity index is 380. The van der Waals surface area contributed by atoms with Gasteiger partial charge < -0.3 is 4.74 Å². The number of carbonyl (C=O) groups excluding carboxylic acids is 1. The third-order valence-electron chi connectivity index (χ3n) is 2.04. The van der Waals surface area contributed by atoms with Crippen LogP contribution in [0, 0.1) is 0 Å². The van der Waals surface area contributed by atoms with E-state index in [2.05, 4.69) is 20.7 Å². The number of hydrogen-bond acceptors (Lipinski definition) is 2. The highest BCUT2D eigenvalue weighted by Gasteiger charge is 2.14. The van der Waals surface area contributed by atoms with Crippen molar-refractivity contribution in [3.05, 3.63) is 29.3 Å². The molecule has 0 fully saturated rings. The molecule has 1 aromatic carbocycles. The largest absolute Gasteiger partial charge is 0.434 e. The van der Waals surface area contributed by atoms with Gasteiger partial charge in [-0.2, -0.15) is 8.78 Å². The van der Waals surface area contributed by atoms with Crippen LogP contribution in [0.5, 0.6) is 5.75 Å². The van der Waals surface area contributed by atoms with Crippen LogP contribution in [0.3, 0.4) is 0 Å². The normalized spacial score (nSPS) is 10.6. The van der Waals surface area contributed by atoms with Crippen LogP contribution in [0.1, 0.15) is 29.3 Å². The summed E-state index contributed by atoms with van der Waals surface area (Å²) in [6.07, 6.45) is 0.255. The highest BCUT2D eigenvalue weighted by molar-refractivity contribution is 9.08. The average molecular weight is 293 g/mol. The van der Waals surface area contributed by atoms with Gasteiger partial charge in [-0.05, 0) is 17.7 Å². The van der Waals surface area contributed by atoms with Crippen LogP contribution in [-0.2, 0) is 5.33 Å². The summed E-state index contributed by atoms with van der Waals surface area (Å²) >= 11 is 3.24. The molecule has 0 aromatic heterocycles. The Morgan fingerprint density at radius 1 is 1.50 bits per heavy atom. The Hall–Kier alpha value is -0.970. The number of carbonyl (C=O) groups is 1. The summed E-state index contributed by atoms with van der Waals surface area (Å²) in [6.45, 7) is -1.24. The van der Waals surface area contributed by atoms with E-state index in [-0.39, 0.29) is 23.5 Å². The van der Waals surface area contributed by atoms with Crippen molar-refractivity contribution in [1.29, 1.82) is 0 Å². The van der Waals surface area contributed by atoms with Gasteiger partial charge in [-0.3, -0.25) is 4.79 Å². The van der Waals surface area contributed by atoms with Gasteiger partial charge in [0.25, 0.3) is 0 Å². The fourth-order valence-corrected chi connectivity index (χ4v) is 1.62. The second kappa shape index (κ2) is 5.94. The lowest BCUT2D eigenvalue weighted by Gasteiger charge is -2.10. The van der Waals surface area contributed by atoms with Crippen LogP contribution in [-0.4, -0.2) is 12.4 Å². The molecule has 0 aliphatic heterocycles. The van der Waals surface area contributed by atoms with E-state index in [1.807, 2.05) is 0 Å². The minimum atomic E-state index is -2.92. The minimum Gasteiger partial charge on any atom is -0.434 e. The number of ketones is 1. The topological polar surface area (TPSA) is 26.3 Å². The van der Waals surface area contributed by atoms with Crippen LogP contribution in [0.2, 0.25) is 0 Å². The van der Waals surface area contributed by atoms with Crippen LogP contribution < -0.4 is 4.74 Å². The third kappa shape index (κ3) is 3.27. The Kier molecular flexibility index (Phi) is 4.86. The molecular weight excluding hydrogens is 282 g/mol. The lowest BCUT2D eigenvalue weighted by Crippen LogP contribution is -2.08. The van der Waals surface area contributed by atoms with Crippen molar-refractivity contribution in [3.8, 4) is 5.75 Å². The highest BCUT2D eigenvalue weighted by Crippen LogP contribution is 2.24. The van der Waals surface area contributed by atoms with Gasteiger partial charge >= 0.3 is 6.61 Å². The standard InChI is InChI=1S/C11H11BrF2O2/c1-2-9(15)8-5-7(6-12)3-4-10(8)16-11(13)14/h3-5,11H,2,6H2,1H3. The zero-order valence-corrected chi connectivity index (χ0v) is 10.3. The van der Waals surface area contributed by atoms with Gasteiger partial charge in [0, 0.05) is 11.8 Å². The number of benzene rings is 1. The SMILES string of the molecule is CCC(=O)c1cc(CBr)ccc1OC(F)F. The van der Waals surface area contributed by atoms with E-state index in [1.165, 1.54) is 6.07 Å². The molecule has 0 atom stereocenters. The van der Waals surface area contributed by atoms with Gasteiger partial charge in [0.1, 0.15) is 5.75 Å². The van der Waals surface area contributed by atoms with E-state index in [0.717, 1.165) is 5.56 Å². The molecule has 5 heteroatoms. The monoisotopic (exact) mass is 292 g/mol. The van der Waals surface area contributed by atoms with Gasteiger partial charge in [0.15, 0.2) is 5.78 Å². The molecule has 16 heavy (non-hydrogen) atoms. The molecule has 0 aliphatic carbocycles. The lowest BCUT2D eigenvalue weighted by atomic mass is 10.1. The molecule has 0 radical (unpaired) electrons. The van der Waals surface area contributed by atoms with Crippen molar-refractivity contribution in [2.45, 2.75) is 25.3 Å². The van der Waals surface area contributed by atoms with Crippen molar-refractivity contribution in [1.82, 2.24) is 0 Å². The molecule has 0 saturated heterocycles. The number of hydrogen-bond donors (Lipinski definition) is 0. The van der Waals surface area contributed by atoms with Crippen LogP contribution in [0.15, 0.2) is 18.2 Å². The summed E-state index contributed by atoms with van der Waals surface area (Å²) in [5, 5.41) is 0.561. The van der Waals surface area contributed by atoms with Gasteiger partial charge in [-0.1, -0.05) is 28.9 Å². The first-order chi connectivity index (χ1) is 7.58. The second-order valence-electron chi connectivity index (χ2n) is 3.12. The fraction of sp³-hybridized carbons (Fsp3) is 0.364. The van der Waals surface area contributed by atoms with Gasteiger partial charge in [0.2, 0.25) is 0 Å². The summed E-state index contributed by atoms with van der Waals surface area (Å²) in [7, 11) is 0. The van der Waals surface area contributed by atoms with Gasteiger partial charge in [-0.25, -0.2) is 0 Å². The maximum absolute atomic E-state index is 12.1.